The molecule has 0 unspecified atom stereocenters. The number of rotatable bonds is 2. The van der Waals surface area contributed by atoms with Crippen LogP contribution in [0.5, 0.6) is 0 Å². The van der Waals surface area contributed by atoms with E-state index in [1.807, 2.05) is 18.2 Å². The Balaban J connectivity index is 2.37. The molecule has 2 rings (SSSR count). The van der Waals surface area contributed by atoms with Crippen LogP contribution in [0.3, 0.4) is 0 Å². The molecule has 0 amide bonds. The van der Waals surface area contributed by atoms with Crippen LogP contribution < -0.4 is 0 Å². The standard InChI is InChI=1S/C14H13Cl/c1-2-11-6-8-12(9-7-11)13-4-3-5-14(15)10-13/h3-10H,2H2,1H3. The first-order valence-corrected chi connectivity index (χ1v) is 5.52. The van der Waals surface area contributed by atoms with Crippen LogP contribution in [-0.4, -0.2) is 0 Å². The lowest BCUT2D eigenvalue weighted by atomic mass is 10.0. The number of hydrogen-bond donors (Lipinski definition) is 0. The summed E-state index contributed by atoms with van der Waals surface area (Å²) < 4.78 is 0. The summed E-state index contributed by atoms with van der Waals surface area (Å²) in [4.78, 5) is 0. The molecule has 0 radical (unpaired) electrons. The van der Waals surface area contributed by atoms with Gasteiger partial charge in [0.1, 0.15) is 0 Å². The minimum Gasteiger partial charge on any atom is -0.0843 e. The van der Waals surface area contributed by atoms with Crippen LogP contribution >= 0.6 is 11.6 Å². The normalized spacial score (nSPS) is 10.3. The van der Waals surface area contributed by atoms with Crippen molar-refractivity contribution in [2.75, 3.05) is 0 Å². The van der Waals surface area contributed by atoms with Gasteiger partial charge in [-0.15, -0.1) is 0 Å². The summed E-state index contributed by atoms with van der Waals surface area (Å²) in [7, 11) is 0. The summed E-state index contributed by atoms with van der Waals surface area (Å²) in [6, 6.07) is 16.5. The Kier molecular flexibility index (Phi) is 3.08. The molecule has 0 spiro atoms. The van der Waals surface area contributed by atoms with Crippen molar-refractivity contribution in [2.45, 2.75) is 13.3 Å². The molecule has 0 saturated heterocycles. The van der Waals surface area contributed by atoms with Crippen LogP contribution in [0.4, 0.5) is 0 Å². The molecule has 0 aliphatic carbocycles. The minimum absolute atomic E-state index is 0.784. The Hall–Kier alpha value is -1.27. The molecule has 0 aromatic heterocycles. The van der Waals surface area contributed by atoms with E-state index >= 15 is 0 Å². The van der Waals surface area contributed by atoms with Crippen LogP contribution in [0, 0.1) is 0 Å². The third-order valence-corrected chi connectivity index (χ3v) is 2.76. The second-order valence-electron chi connectivity index (χ2n) is 3.56. The number of aryl methyl sites for hydroxylation is 1. The molecular formula is C14H13Cl. The van der Waals surface area contributed by atoms with E-state index in [0.717, 1.165) is 11.4 Å². The fraction of sp³-hybridized carbons (Fsp3) is 0.143. The van der Waals surface area contributed by atoms with Crippen LogP contribution in [0.2, 0.25) is 5.02 Å². The lowest BCUT2D eigenvalue weighted by molar-refractivity contribution is 1.14. The van der Waals surface area contributed by atoms with Gasteiger partial charge in [-0.05, 0) is 35.2 Å². The van der Waals surface area contributed by atoms with Gasteiger partial charge < -0.3 is 0 Å². The number of halogens is 1. The largest absolute Gasteiger partial charge is 0.0843 e. The van der Waals surface area contributed by atoms with Crippen molar-refractivity contribution < 1.29 is 0 Å². The molecule has 76 valence electrons. The van der Waals surface area contributed by atoms with Crippen molar-refractivity contribution >= 4 is 11.6 Å². The molecule has 0 fully saturated rings. The molecule has 0 aliphatic rings. The third kappa shape index (κ3) is 2.40. The van der Waals surface area contributed by atoms with Crippen molar-refractivity contribution in [1.29, 1.82) is 0 Å². The second-order valence-corrected chi connectivity index (χ2v) is 4.00. The predicted molar refractivity (Wildman–Crippen MR) is 66.3 cm³/mol. The maximum Gasteiger partial charge on any atom is 0.0412 e. The van der Waals surface area contributed by atoms with Gasteiger partial charge in [-0.3, -0.25) is 0 Å². The van der Waals surface area contributed by atoms with E-state index in [-0.39, 0.29) is 0 Å². The molecular weight excluding hydrogens is 204 g/mol. The van der Waals surface area contributed by atoms with E-state index in [1.54, 1.807) is 0 Å². The van der Waals surface area contributed by atoms with Crippen molar-refractivity contribution in [2.24, 2.45) is 0 Å². The Morgan fingerprint density at radius 3 is 2.27 bits per heavy atom. The smallest absolute Gasteiger partial charge is 0.0412 e. The molecule has 15 heavy (non-hydrogen) atoms. The van der Waals surface area contributed by atoms with Gasteiger partial charge in [-0.25, -0.2) is 0 Å². The summed E-state index contributed by atoms with van der Waals surface area (Å²) in [5.41, 5.74) is 3.75. The Morgan fingerprint density at radius 1 is 0.933 bits per heavy atom. The highest BCUT2D eigenvalue weighted by Gasteiger charge is 1.97. The SMILES string of the molecule is CCc1ccc(-c2cccc(Cl)c2)cc1. The van der Waals surface area contributed by atoms with Gasteiger partial charge in [-0.2, -0.15) is 0 Å². The van der Waals surface area contributed by atoms with E-state index in [1.165, 1.54) is 16.7 Å². The second kappa shape index (κ2) is 4.50. The molecule has 0 aliphatic heterocycles. The zero-order valence-electron chi connectivity index (χ0n) is 8.70. The first-order chi connectivity index (χ1) is 7.29. The highest BCUT2D eigenvalue weighted by molar-refractivity contribution is 6.30. The highest BCUT2D eigenvalue weighted by atomic mass is 35.5. The van der Waals surface area contributed by atoms with Gasteiger partial charge in [-0.1, -0.05) is 54.9 Å². The first kappa shape index (κ1) is 10.3. The van der Waals surface area contributed by atoms with E-state index in [0.29, 0.717) is 0 Å². The van der Waals surface area contributed by atoms with Gasteiger partial charge in [0.15, 0.2) is 0 Å². The molecule has 0 heterocycles. The van der Waals surface area contributed by atoms with Crippen LogP contribution in [-0.2, 0) is 6.42 Å². The molecule has 0 bridgehead atoms. The summed E-state index contributed by atoms with van der Waals surface area (Å²) in [5, 5.41) is 0.784. The molecule has 2 aromatic carbocycles. The first-order valence-electron chi connectivity index (χ1n) is 5.14. The van der Waals surface area contributed by atoms with Crippen LogP contribution in [0.1, 0.15) is 12.5 Å². The molecule has 0 nitrogen and oxygen atoms in total. The van der Waals surface area contributed by atoms with Gasteiger partial charge >= 0.3 is 0 Å². The zero-order valence-corrected chi connectivity index (χ0v) is 9.46. The summed E-state index contributed by atoms with van der Waals surface area (Å²) in [6.07, 6.45) is 1.08. The quantitative estimate of drug-likeness (QED) is 0.690. The van der Waals surface area contributed by atoms with Crippen LogP contribution in [0.15, 0.2) is 48.5 Å². The summed E-state index contributed by atoms with van der Waals surface area (Å²) >= 11 is 5.95. The number of hydrogen-bond acceptors (Lipinski definition) is 0. The fourth-order valence-corrected chi connectivity index (χ4v) is 1.79. The molecule has 1 heteroatoms. The highest BCUT2D eigenvalue weighted by Crippen LogP contribution is 2.22. The Morgan fingerprint density at radius 2 is 1.67 bits per heavy atom. The molecule has 0 N–H and O–H groups in total. The van der Waals surface area contributed by atoms with Gasteiger partial charge in [0.2, 0.25) is 0 Å². The summed E-state index contributed by atoms with van der Waals surface area (Å²) in [6.45, 7) is 2.16. The predicted octanol–water partition coefficient (Wildman–Crippen LogP) is 4.57. The van der Waals surface area contributed by atoms with E-state index in [9.17, 15) is 0 Å². The van der Waals surface area contributed by atoms with Crippen molar-refractivity contribution in [3.05, 3.63) is 59.1 Å². The van der Waals surface area contributed by atoms with E-state index in [4.69, 9.17) is 11.6 Å². The summed E-state index contributed by atoms with van der Waals surface area (Å²) in [5.74, 6) is 0. The number of benzene rings is 2. The molecule has 2 aromatic rings. The van der Waals surface area contributed by atoms with Gasteiger partial charge in [0.05, 0.1) is 0 Å². The van der Waals surface area contributed by atoms with E-state index < -0.39 is 0 Å². The average molecular weight is 217 g/mol. The van der Waals surface area contributed by atoms with Crippen molar-refractivity contribution in [1.82, 2.24) is 0 Å². The lowest BCUT2D eigenvalue weighted by Gasteiger charge is -2.03. The molecule has 0 saturated carbocycles. The third-order valence-electron chi connectivity index (χ3n) is 2.52. The Labute approximate surface area is 95.5 Å². The monoisotopic (exact) mass is 216 g/mol. The van der Waals surface area contributed by atoms with Crippen LogP contribution in [0.25, 0.3) is 11.1 Å². The van der Waals surface area contributed by atoms with Gasteiger partial charge in [0.25, 0.3) is 0 Å². The van der Waals surface area contributed by atoms with Crippen molar-refractivity contribution in [3.8, 4) is 11.1 Å². The average Bonchev–Trinajstić information content (AvgIpc) is 2.29. The molecule has 0 atom stereocenters. The zero-order chi connectivity index (χ0) is 10.7. The van der Waals surface area contributed by atoms with E-state index in [2.05, 4.69) is 37.3 Å². The lowest BCUT2D eigenvalue weighted by Crippen LogP contribution is -1.81. The fourth-order valence-electron chi connectivity index (χ4n) is 1.60. The van der Waals surface area contributed by atoms with Gasteiger partial charge in [0, 0.05) is 5.02 Å². The maximum absolute atomic E-state index is 5.95. The minimum atomic E-state index is 0.784. The topological polar surface area (TPSA) is 0 Å². The Bertz CT molecular complexity index is 443. The maximum atomic E-state index is 5.95. The van der Waals surface area contributed by atoms with Crippen molar-refractivity contribution in [3.63, 3.8) is 0 Å².